The van der Waals surface area contributed by atoms with Gasteiger partial charge in [-0.25, -0.2) is 4.39 Å². The van der Waals surface area contributed by atoms with Crippen LogP contribution in [0.15, 0.2) is 42.6 Å². The molecule has 1 N–H and O–H groups in total. The van der Waals surface area contributed by atoms with Crippen molar-refractivity contribution in [3.63, 3.8) is 0 Å². The van der Waals surface area contributed by atoms with Gasteiger partial charge in [0, 0.05) is 34.8 Å². The lowest BCUT2D eigenvalue weighted by Gasteiger charge is -2.15. The van der Waals surface area contributed by atoms with Gasteiger partial charge in [-0.05, 0) is 55.7 Å². The highest BCUT2D eigenvalue weighted by Gasteiger charge is 2.44. The van der Waals surface area contributed by atoms with Gasteiger partial charge in [0.1, 0.15) is 5.75 Å². The van der Waals surface area contributed by atoms with E-state index in [9.17, 15) is 9.18 Å². The smallest absolute Gasteiger partial charge is 0.230 e. The molecule has 1 aliphatic rings. The molecule has 2 aromatic carbocycles. The molecule has 0 unspecified atom stereocenters. The maximum Gasteiger partial charge on any atom is 0.230 e. The molecule has 3 aromatic rings. The molecule has 0 bridgehead atoms. The van der Waals surface area contributed by atoms with Crippen LogP contribution in [-0.2, 0) is 4.79 Å². The second kappa shape index (κ2) is 13.9. The third-order valence-electron chi connectivity index (χ3n) is 7.25. The van der Waals surface area contributed by atoms with Gasteiger partial charge in [-0.1, -0.05) is 45.4 Å². The molecule has 8 heteroatoms. The van der Waals surface area contributed by atoms with Crippen LogP contribution < -0.4 is 19.5 Å². The van der Waals surface area contributed by atoms with Crippen LogP contribution in [0, 0.1) is 11.2 Å². The summed E-state index contributed by atoms with van der Waals surface area (Å²) < 4.78 is 32.4. The van der Waals surface area contributed by atoms with E-state index in [1.54, 1.807) is 31.5 Å². The van der Waals surface area contributed by atoms with E-state index in [-0.39, 0.29) is 17.1 Å². The number of anilines is 1. The summed E-state index contributed by atoms with van der Waals surface area (Å²) in [7, 11) is 1.59. The first-order chi connectivity index (χ1) is 18.9. The molecular formula is C31H39FN2O4S. The highest BCUT2D eigenvalue weighted by atomic mass is 32.1. The van der Waals surface area contributed by atoms with Gasteiger partial charge in [0.25, 0.3) is 0 Å². The van der Waals surface area contributed by atoms with Gasteiger partial charge in [-0.3, -0.25) is 9.78 Å². The predicted octanol–water partition coefficient (Wildman–Crippen LogP) is 8.34. The number of pyridine rings is 1. The Labute approximate surface area is 236 Å². The molecule has 1 fully saturated rings. The van der Waals surface area contributed by atoms with Crippen molar-refractivity contribution in [2.45, 2.75) is 71.1 Å². The molecule has 1 amide bonds. The fraction of sp³-hybridized carbons (Fsp3) is 0.484. The summed E-state index contributed by atoms with van der Waals surface area (Å²) in [6.07, 6.45) is 13.0. The number of unbranched alkanes of at least 4 members (excludes halogenated alkanes) is 7. The second-order valence-electron chi connectivity index (χ2n) is 10.5. The number of nitrogens with one attached hydrogen (secondary N) is 1. The van der Waals surface area contributed by atoms with E-state index in [2.05, 4.69) is 22.9 Å². The lowest BCUT2D eigenvalue weighted by Crippen LogP contribution is -2.21. The number of methoxy groups -OCH3 is 1. The van der Waals surface area contributed by atoms with Crippen LogP contribution in [0.1, 0.15) is 71.1 Å². The van der Waals surface area contributed by atoms with E-state index in [1.807, 2.05) is 13.0 Å². The highest BCUT2D eigenvalue weighted by Crippen LogP contribution is 2.46. The Balaban J connectivity index is 1.35. The molecule has 0 atom stereocenters. The minimum Gasteiger partial charge on any atom is -0.493 e. The number of fused-ring (bicyclic) bond motifs is 1. The number of amides is 1. The van der Waals surface area contributed by atoms with E-state index in [1.165, 1.54) is 50.7 Å². The molecule has 39 heavy (non-hydrogen) atoms. The number of carbonyl (C=O) groups excluding carboxylic acids is 1. The van der Waals surface area contributed by atoms with Crippen LogP contribution in [0.4, 0.5) is 10.1 Å². The molecule has 1 heterocycles. The van der Waals surface area contributed by atoms with Crippen molar-refractivity contribution < 1.29 is 23.4 Å². The Morgan fingerprint density at radius 1 is 0.949 bits per heavy atom. The van der Waals surface area contributed by atoms with E-state index in [0.29, 0.717) is 40.4 Å². The van der Waals surface area contributed by atoms with Crippen LogP contribution in [0.5, 0.6) is 23.0 Å². The van der Waals surface area contributed by atoms with Gasteiger partial charge in [-0.2, -0.15) is 12.6 Å². The van der Waals surface area contributed by atoms with Crippen LogP contribution in [-0.4, -0.2) is 30.4 Å². The maximum absolute atomic E-state index is 14.9. The van der Waals surface area contributed by atoms with Crippen molar-refractivity contribution in [3.05, 3.63) is 48.4 Å². The zero-order valence-electron chi connectivity index (χ0n) is 22.9. The normalized spacial score (nSPS) is 13.7. The monoisotopic (exact) mass is 554 g/mol. The SMILES string of the molecule is COc1cc2c(Oc3ccc(NC(=O)C4(C)CC4)cc3F)ccnc2cc1OCCCCCCCCCCS. The lowest BCUT2D eigenvalue weighted by molar-refractivity contribution is -0.120. The molecule has 210 valence electrons. The molecule has 1 saturated carbocycles. The first kappa shape index (κ1) is 29.0. The third kappa shape index (κ3) is 8.01. The van der Waals surface area contributed by atoms with Crippen molar-refractivity contribution in [1.29, 1.82) is 0 Å². The lowest BCUT2D eigenvalue weighted by atomic mass is 10.1. The number of hydrogen-bond acceptors (Lipinski definition) is 6. The second-order valence-corrected chi connectivity index (χ2v) is 10.9. The summed E-state index contributed by atoms with van der Waals surface area (Å²) in [5, 5.41) is 3.47. The molecule has 1 aromatic heterocycles. The van der Waals surface area contributed by atoms with Crippen LogP contribution >= 0.6 is 12.6 Å². The topological polar surface area (TPSA) is 69.7 Å². The van der Waals surface area contributed by atoms with Gasteiger partial charge in [-0.15, -0.1) is 0 Å². The quantitative estimate of drug-likeness (QED) is 0.138. The van der Waals surface area contributed by atoms with E-state index >= 15 is 0 Å². The Morgan fingerprint density at radius 2 is 1.67 bits per heavy atom. The average molecular weight is 555 g/mol. The predicted molar refractivity (Wildman–Crippen MR) is 157 cm³/mol. The van der Waals surface area contributed by atoms with Crippen LogP contribution in [0.25, 0.3) is 10.9 Å². The van der Waals surface area contributed by atoms with Crippen molar-refractivity contribution in [3.8, 4) is 23.0 Å². The van der Waals surface area contributed by atoms with E-state index in [4.69, 9.17) is 14.2 Å². The number of aromatic nitrogens is 1. The molecule has 0 saturated heterocycles. The van der Waals surface area contributed by atoms with E-state index < -0.39 is 5.82 Å². The molecule has 0 radical (unpaired) electrons. The molecular weight excluding hydrogens is 515 g/mol. The first-order valence-electron chi connectivity index (χ1n) is 13.9. The molecule has 4 rings (SSSR count). The summed E-state index contributed by atoms with van der Waals surface area (Å²) >= 11 is 4.26. The van der Waals surface area contributed by atoms with Gasteiger partial charge in [0.15, 0.2) is 23.1 Å². The highest BCUT2D eigenvalue weighted by molar-refractivity contribution is 7.80. The zero-order valence-corrected chi connectivity index (χ0v) is 23.8. The van der Waals surface area contributed by atoms with Crippen molar-refractivity contribution in [1.82, 2.24) is 4.98 Å². The number of halogens is 1. The zero-order chi connectivity index (χ0) is 27.7. The van der Waals surface area contributed by atoms with Crippen molar-refractivity contribution in [2.24, 2.45) is 5.41 Å². The summed E-state index contributed by atoms with van der Waals surface area (Å²) in [5.41, 5.74) is 0.728. The van der Waals surface area contributed by atoms with E-state index in [0.717, 1.165) is 31.4 Å². The number of thiol groups is 1. The molecule has 0 aliphatic heterocycles. The molecule has 6 nitrogen and oxygen atoms in total. The van der Waals surface area contributed by atoms with Gasteiger partial charge in [0.05, 0.1) is 19.2 Å². The van der Waals surface area contributed by atoms with Gasteiger partial charge >= 0.3 is 0 Å². The Morgan fingerprint density at radius 3 is 2.33 bits per heavy atom. The fourth-order valence-electron chi connectivity index (χ4n) is 4.42. The van der Waals surface area contributed by atoms with Crippen molar-refractivity contribution >= 4 is 35.1 Å². The summed E-state index contributed by atoms with van der Waals surface area (Å²) in [5.74, 6) is 2.01. The summed E-state index contributed by atoms with van der Waals surface area (Å²) in [4.78, 5) is 16.7. The van der Waals surface area contributed by atoms with Crippen LogP contribution in [0.2, 0.25) is 0 Å². The molecule has 0 spiro atoms. The number of carbonyl (C=O) groups is 1. The minimum absolute atomic E-state index is 0.0548. The fourth-order valence-corrected chi connectivity index (χ4v) is 4.65. The number of benzene rings is 2. The molecule has 1 aliphatic carbocycles. The maximum atomic E-state index is 14.9. The summed E-state index contributed by atoms with van der Waals surface area (Å²) in [6, 6.07) is 9.75. The Kier molecular flexibility index (Phi) is 10.3. The van der Waals surface area contributed by atoms with Crippen molar-refractivity contribution in [2.75, 3.05) is 24.8 Å². The minimum atomic E-state index is -0.566. The largest absolute Gasteiger partial charge is 0.493 e. The number of nitrogens with zero attached hydrogens (tertiary/aromatic N) is 1. The van der Waals surface area contributed by atoms with Crippen LogP contribution in [0.3, 0.4) is 0 Å². The summed E-state index contributed by atoms with van der Waals surface area (Å²) in [6.45, 7) is 2.51. The number of rotatable bonds is 16. The Hall–Kier alpha value is -3.00. The Bertz CT molecular complexity index is 1260. The number of ether oxygens (including phenoxy) is 3. The average Bonchev–Trinajstić information content (AvgIpc) is 3.69. The number of hydrogen-bond donors (Lipinski definition) is 2. The third-order valence-corrected chi connectivity index (χ3v) is 7.57. The standard InChI is InChI=1S/C31H39FN2O4S/c1-31(14-15-31)30(35)34-22-11-12-27(24(32)19-22)38-26-13-16-33-25-21-29(28(36-2)20-23(25)26)37-17-9-7-5-3-4-6-8-10-18-39/h11-13,16,19-21,39H,3-10,14-15,17-18H2,1-2H3,(H,34,35). The first-order valence-corrected chi connectivity index (χ1v) is 14.6. The van der Waals surface area contributed by atoms with Gasteiger partial charge in [0.2, 0.25) is 5.91 Å². The van der Waals surface area contributed by atoms with Gasteiger partial charge < -0.3 is 19.5 Å².